The molecule has 0 saturated carbocycles. The van der Waals surface area contributed by atoms with Gasteiger partial charge in [-0.05, 0) is 24.5 Å². The smallest absolute Gasteiger partial charge is 0.292 e. The SMILES string of the molecule is O=C(CN1CCN(C(=O)C2CCN(c3ccccc3[N+](=O)[O-])CC2)CC1)NCc1ccccc1. The van der Waals surface area contributed by atoms with Gasteiger partial charge in [0.1, 0.15) is 5.69 Å². The zero-order valence-electron chi connectivity index (χ0n) is 19.3. The number of benzene rings is 2. The van der Waals surface area contributed by atoms with Gasteiger partial charge in [-0.15, -0.1) is 0 Å². The van der Waals surface area contributed by atoms with Crippen LogP contribution in [-0.4, -0.2) is 72.4 Å². The Balaban J connectivity index is 1.20. The molecule has 2 aliphatic heterocycles. The number of hydrogen-bond acceptors (Lipinski definition) is 6. The quantitative estimate of drug-likeness (QED) is 0.498. The van der Waals surface area contributed by atoms with Crippen molar-refractivity contribution in [2.75, 3.05) is 50.7 Å². The van der Waals surface area contributed by atoms with E-state index in [4.69, 9.17) is 0 Å². The Morgan fingerprint density at radius 1 is 0.912 bits per heavy atom. The van der Waals surface area contributed by atoms with Gasteiger partial charge in [0.15, 0.2) is 0 Å². The van der Waals surface area contributed by atoms with E-state index < -0.39 is 0 Å². The van der Waals surface area contributed by atoms with Crippen LogP contribution >= 0.6 is 0 Å². The zero-order valence-corrected chi connectivity index (χ0v) is 19.3. The molecule has 2 saturated heterocycles. The van der Waals surface area contributed by atoms with Crippen LogP contribution in [0.25, 0.3) is 0 Å². The van der Waals surface area contributed by atoms with Gasteiger partial charge in [-0.3, -0.25) is 24.6 Å². The van der Waals surface area contributed by atoms with Crippen molar-refractivity contribution < 1.29 is 14.5 Å². The van der Waals surface area contributed by atoms with Crippen LogP contribution in [-0.2, 0) is 16.1 Å². The molecular formula is C25H31N5O4. The average Bonchev–Trinajstić information content (AvgIpc) is 2.88. The van der Waals surface area contributed by atoms with Crippen molar-refractivity contribution in [3.05, 3.63) is 70.3 Å². The van der Waals surface area contributed by atoms with Crippen molar-refractivity contribution in [2.24, 2.45) is 5.92 Å². The molecule has 34 heavy (non-hydrogen) atoms. The number of nitro benzene ring substituents is 1. The first-order chi connectivity index (χ1) is 16.5. The largest absolute Gasteiger partial charge is 0.366 e. The zero-order chi connectivity index (χ0) is 23.9. The van der Waals surface area contributed by atoms with E-state index in [0.717, 1.165) is 5.56 Å². The lowest BCUT2D eigenvalue weighted by atomic mass is 9.94. The molecule has 0 spiro atoms. The van der Waals surface area contributed by atoms with E-state index in [1.165, 1.54) is 6.07 Å². The maximum absolute atomic E-state index is 13.1. The summed E-state index contributed by atoms with van der Waals surface area (Å²) in [5, 5.41) is 14.3. The highest BCUT2D eigenvalue weighted by Crippen LogP contribution is 2.31. The number of piperazine rings is 1. The number of amides is 2. The minimum atomic E-state index is -0.353. The Bertz CT molecular complexity index is 999. The van der Waals surface area contributed by atoms with Crippen molar-refractivity contribution >= 4 is 23.2 Å². The summed E-state index contributed by atoms with van der Waals surface area (Å²) in [6.45, 7) is 4.71. The first kappa shape index (κ1) is 23.7. The lowest BCUT2D eigenvalue weighted by molar-refractivity contribution is -0.384. The summed E-state index contributed by atoms with van der Waals surface area (Å²) in [5.74, 6) is 0.0983. The van der Waals surface area contributed by atoms with Crippen molar-refractivity contribution in [2.45, 2.75) is 19.4 Å². The Hall–Kier alpha value is -3.46. The third kappa shape index (κ3) is 5.91. The molecule has 0 atom stereocenters. The van der Waals surface area contributed by atoms with Crippen molar-refractivity contribution in [1.29, 1.82) is 0 Å². The first-order valence-corrected chi connectivity index (χ1v) is 11.8. The van der Waals surface area contributed by atoms with Crippen molar-refractivity contribution in [1.82, 2.24) is 15.1 Å². The molecule has 0 aliphatic carbocycles. The van der Waals surface area contributed by atoms with Gasteiger partial charge in [0.2, 0.25) is 11.8 Å². The Kier molecular flexibility index (Phi) is 7.74. The number of anilines is 1. The minimum Gasteiger partial charge on any atom is -0.366 e. The molecule has 1 N–H and O–H groups in total. The summed E-state index contributed by atoms with van der Waals surface area (Å²) >= 11 is 0. The Morgan fingerprint density at radius 3 is 2.24 bits per heavy atom. The predicted molar refractivity (Wildman–Crippen MR) is 129 cm³/mol. The summed E-state index contributed by atoms with van der Waals surface area (Å²) < 4.78 is 0. The van der Waals surface area contributed by atoms with Crippen LogP contribution < -0.4 is 10.2 Å². The van der Waals surface area contributed by atoms with E-state index in [1.807, 2.05) is 40.1 Å². The fourth-order valence-corrected chi connectivity index (χ4v) is 4.69. The van der Waals surface area contributed by atoms with Crippen LogP contribution in [0, 0.1) is 16.0 Å². The second-order valence-corrected chi connectivity index (χ2v) is 8.87. The molecule has 2 aliphatic rings. The number of nitro groups is 1. The normalized spacial score (nSPS) is 17.4. The molecule has 4 rings (SSSR count). The highest BCUT2D eigenvalue weighted by atomic mass is 16.6. The van der Waals surface area contributed by atoms with Gasteiger partial charge < -0.3 is 15.1 Å². The van der Waals surface area contributed by atoms with Crippen LogP contribution in [0.3, 0.4) is 0 Å². The Morgan fingerprint density at radius 2 is 1.56 bits per heavy atom. The highest BCUT2D eigenvalue weighted by molar-refractivity contribution is 5.80. The third-order valence-corrected chi connectivity index (χ3v) is 6.65. The van der Waals surface area contributed by atoms with Gasteiger partial charge in [-0.25, -0.2) is 0 Å². The van der Waals surface area contributed by atoms with Crippen LogP contribution in [0.4, 0.5) is 11.4 Å². The van der Waals surface area contributed by atoms with E-state index in [0.29, 0.717) is 70.9 Å². The molecule has 0 radical (unpaired) electrons. The molecule has 0 bridgehead atoms. The number of para-hydroxylation sites is 2. The summed E-state index contributed by atoms with van der Waals surface area (Å²) in [4.78, 5) is 42.3. The van der Waals surface area contributed by atoms with E-state index in [-0.39, 0.29) is 28.3 Å². The van der Waals surface area contributed by atoms with E-state index >= 15 is 0 Å². The fraction of sp³-hybridized carbons (Fsp3) is 0.440. The summed E-state index contributed by atoms with van der Waals surface area (Å²) in [5.41, 5.74) is 1.80. The summed E-state index contributed by atoms with van der Waals surface area (Å²) in [6, 6.07) is 16.6. The van der Waals surface area contributed by atoms with Crippen molar-refractivity contribution in [3.8, 4) is 0 Å². The van der Waals surface area contributed by atoms with Crippen LogP contribution in [0.1, 0.15) is 18.4 Å². The maximum Gasteiger partial charge on any atom is 0.292 e. The number of rotatable bonds is 7. The van der Waals surface area contributed by atoms with Gasteiger partial charge >= 0.3 is 0 Å². The first-order valence-electron chi connectivity index (χ1n) is 11.8. The molecule has 0 unspecified atom stereocenters. The van der Waals surface area contributed by atoms with E-state index in [9.17, 15) is 19.7 Å². The molecule has 2 amide bonds. The number of carbonyl (C=O) groups excluding carboxylic acids is 2. The number of carbonyl (C=O) groups is 2. The van der Waals surface area contributed by atoms with Gasteiger partial charge in [0.05, 0.1) is 11.5 Å². The fourth-order valence-electron chi connectivity index (χ4n) is 4.69. The number of nitrogens with zero attached hydrogens (tertiary/aromatic N) is 4. The standard InChI is InChI=1S/C25H31N5O4/c31-24(26-18-20-6-2-1-3-7-20)19-27-14-16-29(17-15-27)25(32)21-10-12-28(13-11-21)22-8-4-5-9-23(22)30(33)34/h1-9,21H,10-19H2,(H,26,31). The van der Waals surface area contributed by atoms with Gasteiger partial charge in [0.25, 0.3) is 5.69 Å². The van der Waals surface area contributed by atoms with Crippen LogP contribution in [0.5, 0.6) is 0 Å². The molecule has 2 heterocycles. The number of hydrogen-bond donors (Lipinski definition) is 1. The average molecular weight is 466 g/mol. The topological polar surface area (TPSA) is 99.0 Å². The van der Waals surface area contributed by atoms with E-state index in [1.54, 1.807) is 18.2 Å². The molecule has 2 fully saturated rings. The lowest BCUT2D eigenvalue weighted by Crippen LogP contribution is -2.53. The predicted octanol–water partition coefficient (Wildman–Crippen LogP) is 2.27. The van der Waals surface area contributed by atoms with Gasteiger partial charge in [-0.1, -0.05) is 42.5 Å². The molecule has 9 nitrogen and oxygen atoms in total. The molecule has 2 aromatic carbocycles. The van der Waals surface area contributed by atoms with Crippen LogP contribution in [0.15, 0.2) is 54.6 Å². The molecule has 9 heteroatoms. The van der Waals surface area contributed by atoms with E-state index in [2.05, 4.69) is 10.2 Å². The third-order valence-electron chi connectivity index (χ3n) is 6.65. The molecule has 2 aromatic rings. The lowest BCUT2D eigenvalue weighted by Gasteiger charge is -2.38. The Labute approximate surface area is 199 Å². The molecular weight excluding hydrogens is 434 g/mol. The number of nitrogens with one attached hydrogen (secondary N) is 1. The maximum atomic E-state index is 13.1. The highest BCUT2D eigenvalue weighted by Gasteiger charge is 2.32. The minimum absolute atomic E-state index is 0.00833. The molecule has 0 aromatic heterocycles. The second-order valence-electron chi connectivity index (χ2n) is 8.87. The molecule has 180 valence electrons. The summed E-state index contributed by atoms with van der Waals surface area (Å²) in [6.07, 6.45) is 1.37. The summed E-state index contributed by atoms with van der Waals surface area (Å²) in [7, 11) is 0. The monoisotopic (exact) mass is 465 g/mol. The van der Waals surface area contributed by atoms with Crippen molar-refractivity contribution in [3.63, 3.8) is 0 Å². The second kappa shape index (κ2) is 11.1. The number of piperidine rings is 1. The van der Waals surface area contributed by atoms with Gasteiger partial charge in [0, 0.05) is 57.8 Å². The van der Waals surface area contributed by atoms with Gasteiger partial charge in [-0.2, -0.15) is 0 Å². The van der Waals surface area contributed by atoms with Crippen LogP contribution in [0.2, 0.25) is 0 Å².